The van der Waals surface area contributed by atoms with Crippen molar-refractivity contribution in [2.75, 3.05) is 0 Å². The van der Waals surface area contributed by atoms with Gasteiger partial charge in [-0.15, -0.1) is 0 Å². The second-order valence-electron chi connectivity index (χ2n) is 8.69. The minimum Gasteiger partial charge on any atom is -0.466 e. The van der Waals surface area contributed by atoms with Crippen molar-refractivity contribution < 1.29 is 9.47 Å². The lowest BCUT2D eigenvalue weighted by atomic mass is 9.93. The maximum Gasteiger partial charge on any atom is 0.274 e. The van der Waals surface area contributed by atoms with Gasteiger partial charge in [0.25, 0.3) is 11.8 Å². The molecule has 0 saturated carbocycles. The van der Waals surface area contributed by atoms with E-state index in [-0.39, 0.29) is 12.1 Å². The van der Waals surface area contributed by atoms with Gasteiger partial charge in [0.2, 0.25) is 0 Å². The highest BCUT2D eigenvalue weighted by atomic mass is 16.6. The van der Waals surface area contributed by atoms with Gasteiger partial charge in [-0.25, -0.2) is 9.98 Å². The minimum atomic E-state index is -0.390. The van der Waals surface area contributed by atoms with Gasteiger partial charge in [0.05, 0.1) is 12.1 Å². The van der Waals surface area contributed by atoms with Crippen LogP contribution < -0.4 is 0 Å². The van der Waals surface area contributed by atoms with Crippen LogP contribution in [0.3, 0.4) is 0 Å². The Morgan fingerprint density at radius 1 is 0.643 bits per heavy atom. The summed E-state index contributed by atoms with van der Waals surface area (Å²) in [4.78, 5) is 9.73. The number of benzene rings is 2. The zero-order chi connectivity index (χ0) is 19.8. The third-order valence-corrected chi connectivity index (χ3v) is 5.60. The normalized spacial score (nSPS) is 24.9. The zero-order valence-electron chi connectivity index (χ0n) is 17.1. The Bertz CT molecular complexity index is 810. The smallest absolute Gasteiger partial charge is 0.274 e. The van der Waals surface area contributed by atoms with Gasteiger partial charge in [0.15, 0.2) is 0 Å². The van der Waals surface area contributed by atoms with E-state index >= 15 is 0 Å². The van der Waals surface area contributed by atoms with Crippen LogP contribution in [-0.4, -0.2) is 35.1 Å². The van der Waals surface area contributed by atoms with Crippen molar-refractivity contribution in [3.63, 3.8) is 0 Å². The van der Waals surface area contributed by atoms with Crippen LogP contribution in [0.2, 0.25) is 0 Å². The maximum atomic E-state index is 6.20. The Labute approximate surface area is 167 Å². The molecule has 0 N–H and O–H groups in total. The van der Waals surface area contributed by atoms with E-state index in [1.54, 1.807) is 0 Å². The second-order valence-corrected chi connectivity index (χ2v) is 8.69. The monoisotopic (exact) mass is 376 g/mol. The molecule has 2 atom stereocenters. The number of nitrogens with zero attached hydrogens (tertiary/aromatic N) is 2. The Hall–Kier alpha value is -2.62. The number of hydrogen-bond acceptors (Lipinski definition) is 4. The average Bonchev–Trinajstić information content (AvgIpc) is 3.12. The van der Waals surface area contributed by atoms with Crippen LogP contribution in [0.4, 0.5) is 0 Å². The molecule has 0 aromatic heterocycles. The summed E-state index contributed by atoms with van der Waals surface area (Å²) >= 11 is 0. The molecule has 28 heavy (non-hydrogen) atoms. The van der Waals surface area contributed by atoms with Crippen molar-refractivity contribution in [2.24, 2.45) is 9.98 Å². The molecule has 0 saturated heterocycles. The summed E-state index contributed by atoms with van der Waals surface area (Å²) < 4.78 is 12.4. The summed E-state index contributed by atoms with van der Waals surface area (Å²) in [5, 5.41) is 0. The third kappa shape index (κ3) is 3.82. The molecular weight excluding hydrogens is 348 g/mol. The average molecular weight is 377 g/mol. The first-order valence-corrected chi connectivity index (χ1v) is 9.95. The molecule has 0 fully saturated rings. The maximum absolute atomic E-state index is 6.20. The summed E-state index contributed by atoms with van der Waals surface area (Å²) in [6.45, 7) is 8.33. The molecule has 2 aliphatic heterocycles. The van der Waals surface area contributed by atoms with E-state index in [0.29, 0.717) is 11.8 Å². The van der Waals surface area contributed by atoms with Crippen LogP contribution in [0.15, 0.2) is 70.6 Å². The molecule has 2 aromatic carbocycles. The topological polar surface area (TPSA) is 43.2 Å². The fourth-order valence-electron chi connectivity index (χ4n) is 3.74. The summed E-state index contributed by atoms with van der Waals surface area (Å²) in [5.74, 6) is 1.07. The minimum absolute atomic E-state index is 0.0347. The summed E-state index contributed by atoms with van der Waals surface area (Å²) in [6, 6.07) is 20.9. The standard InChI is InChI=1S/C24H28N2O2/c1-23(2)19(15-17-11-7-5-8-12-17)25-21(27-23)22-26-20(24(3,4)28-22)16-18-13-9-6-10-14-18/h5-14,19-20H,15-16H2,1-4H3. The number of aliphatic imine (C=N–C) groups is 2. The van der Waals surface area contributed by atoms with E-state index in [2.05, 4.69) is 76.2 Å². The molecule has 0 bridgehead atoms. The first kappa shape index (κ1) is 18.7. The Balaban J connectivity index is 1.54. The Kier molecular flexibility index (Phi) is 4.74. The molecule has 2 unspecified atom stereocenters. The molecule has 4 heteroatoms. The molecule has 0 aliphatic carbocycles. The lowest BCUT2D eigenvalue weighted by Crippen LogP contribution is -2.37. The van der Waals surface area contributed by atoms with Crippen LogP contribution in [0.1, 0.15) is 38.8 Å². The van der Waals surface area contributed by atoms with Crippen LogP contribution >= 0.6 is 0 Å². The van der Waals surface area contributed by atoms with Gasteiger partial charge in [-0.1, -0.05) is 60.7 Å². The zero-order valence-corrected chi connectivity index (χ0v) is 17.1. The SMILES string of the molecule is CC1(C)OC(C2=NC(Cc3ccccc3)C(C)(C)O2)=NC1Cc1ccccc1. The first-order chi connectivity index (χ1) is 13.3. The van der Waals surface area contributed by atoms with Crippen molar-refractivity contribution >= 4 is 11.8 Å². The van der Waals surface area contributed by atoms with E-state index in [4.69, 9.17) is 19.5 Å². The predicted octanol–water partition coefficient (Wildman–Crippen LogP) is 4.62. The number of rotatable bonds is 5. The highest BCUT2D eigenvalue weighted by Gasteiger charge is 2.46. The molecule has 146 valence electrons. The molecule has 0 amide bonds. The quantitative estimate of drug-likeness (QED) is 0.764. The lowest BCUT2D eigenvalue weighted by molar-refractivity contribution is 0.0818. The molecule has 4 nitrogen and oxygen atoms in total. The van der Waals surface area contributed by atoms with Crippen LogP contribution in [0.5, 0.6) is 0 Å². The van der Waals surface area contributed by atoms with Crippen molar-refractivity contribution in [1.82, 2.24) is 0 Å². The first-order valence-electron chi connectivity index (χ1n) is 9.95. The van der Waals surface area contributed by atoms with E-state index in [1.807, 2.05) is 12.1 Å². The van der Waals surface area contributed by atoms with Crippen molar-refractivity contribution in [1.29, 1.82) is 0 Å². The van der Waals surface area contributed by atoms with Gasteiger partial charge in [0, 0.05) is 0 Å². The molecule has 4 rings (SSSR count). The summed E-state index contributed by atoms with van der Waals surface area (Å²) in [6.07, 6.45) is 1.67. The number of hydrogen-bond donors (Lipinski definition) is 0. The Morgan fingerprint density at radius 2 is 1.00 bits per heavy atom. The lowest BCUT2D eigenvalue weighted by Gasteiger charge is -2.26. The molecule has 0 spiro atoms. The van der Waals surface area contributed by atoms with Crippen LogP contribution in [0.25, 0.3) is 0 Å². The highest BCUT2D eigenvalue weighted by molar-refractivity contribution is 6.36. The molecule has 0 radical (unpaired) electrons. The van der Waals surface area contributed by atoms with Gasteiger partial charge >= 0.3 is 0 Å². The Morgan fingerprint density at radius 3 is 1.36 bits per heavy atom. The predicted molar refractivity (Wildman–Crippen MR) is 113 cm³/mol. The van der Waals surface area contributed by atoms with E-state index < -0.39 is 11.2 Å². The third-order valence-electron chi connectivity index (χ3n) is 5.60. The second kappa shape index (κ2) is 7.08. The van der Waals surface area contributed by atoms with Crippen LogP contribution in [-0.2, 0) is 22.3 Å². The van der Waals surface area contributed by atoms with E-state index in [1.165, 1.54) is 11.1 Å². The molecule has 2 aliphatic rings. The van der Waals surface area contributed by atoms with Crippen molar-refractivity contribution in [3.05, 3.63) is 71.8 Å². The fraction of sp³-hybridized carbons (Fsp3) is 0.417. The summed E-state index contributed by atoms with van der Waals surface area (Å²) in [5.41, 5.74) is 1.73. The highest BCUT2D eigenvalue weighted by Crippen LogP contribution is 2.33. The molecule has 2 aromatic rings. The van der Waals surface area contributed by atoms with Gasteiger partial charge in [-0.3, -0.25) is 0 Å². The van der Waals surface area contributed by atoms with E-state index in [9.17, 15) is 0 Å². The van der Waals surface area contributed by atoms with Gasteiger partial charge in [-0.2, -0.15) is 0 Å². The van der Waals surface area contributed by atoms with Gasteiger partial charge in [-0.05, 0) is 51.7 Å². The van der Waals surface area contributed by atoms with Gasteiger partial charge in [0.1, 0.15) is 11.2 Å². The van der Waals surface area contributed by atoms with Crippen molar-refractivity contribution in [3.8, 4) is 0 Å². The molecule has 2 heterocycles. The summed E-state index contributed by atoms with van der Waals surface area (Å²) in [7, 11) is 0. The van der Waals surface area contributed by atoms with Crippen molar-refractivity contribution in [2.45, 2.75) is 63.8 Å². The largest absolute Gasteiger partial charge is 0.466 e. The van der Waals surface area contributed by atoms with Gasteiger partial charge < -0.3 is 9.47 Å². The van der Waals surface area contributed by atoms with Crippen LogP contribution in [0, 0.1) is 0 Å². The van der Waals surface area contributed by atoms with E-state index in [0.717, 1.165) is 12.8 Å². The number of ether oxygens (including phenoxy) is 2. The fourth-order valence-corrected chi connectivity index (χ4v) is 3.74. The molecular formula is C24H28N2O2.